The molecule has 1 unspecified atom stereocenters. The second-order valence-corrected chi connectivity index (χ2v) is 30.6. The second-order valence-electron chi connectivity index (χ2n) is 30.6. The van der Waals surface area contributed by atoms with Crippen LogP contribution in [0.3, 0.4) is 0 Å². The molecule has 106 heavy (non-hydrogen) atoms. The van der Waals surface area contributed by atoms with Gasteiger partial charge in [0.25, 0.3) is 11.1 Å². The molecule has 21 heteroatoms. The Labute approximate surface area is 625 Å². The predicted molar refractivity (Wildman–Crippen MR) is 418 cm³/mol. The number of carbonyl (C=O) groups excluding carboxylic acids is 6. The number of nitrogens with one attached hydrogen (secondary N) is 3. The lowest BCUT2D eigenvalue weighted by atomic mass is 9.94. The summed E-state index contributed by atoms with van der Waals surface area (Å²) in [4.78, 5) is 135. The zero-order chi connectivity index (χ0) is 77.1. The second kappa shape index (κ2) is 38.4. The number of aromatic nitrogens is 5. The lowest BCUT2D eigenvalue weighted by Crippen LogP contribution is -2.52. The van der Waals surface area contributed by atoms with Crippen LogP contribution in [0.25, 0.3) is 11.3 Å². The van der Waals surface area contributed by atoms with Crippen LogP contribution in [0.1, 0.15) is 227 Å². The lowest BCUT2D eigenvalue weighted by Gasteiger charge is -2.37. The van der Waals surface area contributed by atoms with Crippen LogP contribution in [0.5, 0.6) is 0 Å². The highest BCUT2D eigenvalue weighted by Gasteiger charge is 2.37. The van der Waals surface area contributed by atoms with E-state index in [1.165, 1.54) is 35.0 Å². The van der Waals surface area contributed by atoms with Gasteiger partial charge in [0, 0.05) is 98.8 Å². The van der Waals surface area contributed by atoms with Gasteiger partial charge in [0.05, 0.1) is 54.0 Å². The van der Waals surface area contributed by atoms with Crippen molar-refractivity contribution in [2.45, 2.75) is 235 Å². The van der Waals surface area contributed by atoms with Gasteiger partial charge in [0.15, 0.2) is 0 Å². The maximum Gasteiger partial charge on any atom is 0.305 e. The third-order valence-electron chi connectivity index (χ3n) is 20.1. The number of nitrogens with zero attached hydrogens (tertiary/aromatic N) is 8. The van der Waals surface area contributed by atoms with Gasteiger partial charge in [0.2, 0.25) is 23.6 Å². The van der Waals surface area contributed by atoms with Crippen LogP contribution < -0.4 is 41.8 Å². The zero-order valence-corrected chi connectivity index (χ0v) is 64.6. The molecular weight excluding hydrogens is 1340 g/mol. The number of benzene rings is 2. The Bertz CT molecular complexity index is 4310. The van der Waals surface area contributed by atoms with E-state index in [2.05, 4.69) is 74.5 Å². The Hall–Kier alpha value is -9.92. The molecule has 0 radical (unpaired) electrons. The van der Waals surface area contributed by atoms with Crippen molar-refractivity contribution in [1.82, 2.24) is 40.0 Å². The van der Waals surface area contributed by atoms with Crippen LogP contribution in [0.15, 0.2) is 144 Å². The first-order valence-electron chi connectivity index (χ1n) is 37.8. The average molecular weight is 1450 g/mol. The fraction of sp³-hybridized carbons (Fsp3) is 0.482. The highest BCUT2D eigenvalue weighted by atomic mass is 16.4. The van der Waals surface area contributed by atoms with Crippen molar-refractivity contribution in [3.63, 3.8) is 0 Å². The molecule has 0 aliphatic carbocycles. The summed E-state index contributed by atoms with van der Waals surface area (Å²) >= 11 is 0. The molecular formula is C85H111N11O10. The SMILES string of the molecule is CC(=O)C[C@@H](NC(=O)[C@@H](CC(C)C)n1ccc(C)cc1=O)c1cncc(N2CCCC[C@@H]2C)c1.CC(=O)C[C@H](NC(=O)C(CC(C)C)N1C(=O)CCc2ccccc21)c1cncc(N2CCCC[C@@H]2C)c1.Cc1ccn([C@@H](CC(C)C)C(=O)N[C@H](CC(=O)O)c2ccnc(-c3c(C)cccc3C)c2)c(=O)c1. The Kier molecular flexibility index (Phi) is 29.6. The zero-order valence-electron chi connectivity index (χ0n) is 64.6. The Balaban J connectivity index is 0.000000201. The molecule has 21 nitrogen and oxygen atoms in total. The minimum absolute atomic E-state index is 0.0122. The van der Waals surface area contributed by atoms with Gasteiger partial charge in [-0.2, -0.15) is 0 Å². The standard InChI is InChI=1S/C30H40N4O3.C28H33N3O4.C27H38N4O3/c1-20(2)15-28(34-27-11-6-5-10-23(27)12-13-29(34)36)30(37)32-26(16-22(4)35)24-17-25(19-31-18-24)33-14-8-7-9-21(33)3;1-17(2)13-24(31-12-10-18(3)14-25(31)32)28(35)30-22(16-26(33)34)21-9-11-29-23(15-21)27-19(4)7-6-8-20(27)5;1-18(2)12-25(31-11-9-19(3)13-26(31)33)27(34)29-24(14-21(5)32)22-15-23(17-28-16-22)30-10-7-6-8-20(30)4/h5-6,10-11,17-21,26,28H,7-9,12-16H2,1-4H3,(H,32,37);6-12,14-15,17,22,24H,13,16H2,1-5H3,(H,30,35)(H,33,34);9,11,13,15-18,20,24-25H,6-8,10,12,14H2,1-5H3,(H,29,34)/t21-,26-,28?;22-,24+;20-,24+,25+/m010/s1. The fourth-order valence-electron chi connectivity index (χ4n) is 14.7. The van der Waals surface area contributed by atoms with E-state index < -0.39 is 42.2 Å². The van der Waals surface area contributed by atoms with Gasteiger partial charge in [-0.25, -0.2) is 0 Å². The summed E-state index contributed by atoms with van der Waals surface area (Å²) in [7, 11) is 0. The lowest BCUT2D eigenvalue weighted by molar-refractivity contribution is -0.138. The smallest absolute Gasteiger partial charge is 0.305 e. The predicted octanol–water partition coefficient (Wildman–Crippen LogP) is 14.1. The van der Waals surface area contributed by atoms with Gasteiger partial charge in [-0.3, -0.25) is 63.0 Å². The van der Waals surface area contributed by atoms with Crippen molar-refractivity contribution < 1.29 is 38.7 Å². The number of carbonyl (C=O) groups is 7. The summed E-state index contributed by atoms with van der Waals surface area (Å²) in [6.07, 6.45) is 21.7. The molecule has 5 aromatic heterocycles. The van der Waals surface area contributed by atoms with Crippen molar-refractivity contribution in [2.75, 3.05) is 27.8 Å². The first-order valence-corrected chi connectivity index (χ1v) is 37.8. The Morgan fingerprint density at radius 3 is 1.42 bits per heavy atom. The first-order chi connectivity index (χ1) is 50.5. The van der Waals surface area contributed by atoms with Crippen molar-refractivity contribution >= 4 is 58.2 Å². The molecule has 3 aliphatic heterocycles. The molecule has 566 valence electrons. The third kappa shape index (κ3) is 22.6. The molecule has 10 rings (SSSR count). The number of piperidine rings is 2. The highest BCUT2D eigenvalue weighted by molar-refractivity contribution is 6.03. The summed E-state index contributed by atoms with van der Waals surface area (Å²) in [6, 6.07) is 25.1. The van der Waals surface area contributed by atoms with E-state index in [0.29, 0.717) is 49.8 Å². The number of hydrogen-bond donors (Lipinski definition) is 4. The molecule has 2 fully saturated rings. The molecule has 0 bridgehead atoms. The number of para-hydroxylation sites is 1. The maximum atomic E-state index is 13.9. The number of Topliss-reactive ketones (excluding diaryl/α,β-unsaturated/α-hetero) is 2. The van der Waals surface area contributed by atoms with Crippen LogP contribution in [-0.2, 0) is 40.0 Å². The number of hydrogen-bond acceptors (Lipinski definition) is 14. The molecule has 8 heterocycles. The van der Waals surface area contributed by atoms with Gasteiger partial charge >= 0.3 is 5.97 Å². The number of carboxylic acids is 1. The van der Waals surface area contributed by atoms with E-state index in [-0.39, 0.29) is 83.3 Å². The van der Waals surface area contributed by atoms with Crippen molar-refractivity contribution in [1.29, 1.82) is 0 Å². The van der Waals surface area contributed by atoms with Crippen LogP contribution in [-0.4, -0.2) is 102 Å². The number of pyridine rings is 5. The van der Waals surface area contributed by atoms with Crippen molar-refractivity contribution in [3.8, 4) is 11.3 Å². The number of carboxylic acid groups (broad SMARTS) is 1. The van der Waals surface area contributed by atoms with Crippen molar-refractivity contribution in [2.24, 2.45) is 17.8 Å². The molecule has 2 aromatic carbocycles. The fourth-order valence-corrected chi connectivity index (χ4v) is 14.7. The molecule has 4 amide bonds. The quantitative estimate of drug-likeness (QED) is 0.0373. The number of anilines is 3. The number of rotatable bonds is 27. The largest absolute Gasteiger partial charge is 0.481 e. The summed E-state index contributed by atoms with van der Waals surface area (Å²) in [5.41, 5.74) is 11.2. The average Bonchev–Trinajstić information content (AvgIpc) is 0.737. The number of aliphatic carboxylic acids is 1. The Morgan fingerprint density at radius 2 is 0.972 bits per heavy atom. The van der Waals surface area contributed by atoms with Gasteiger partial charge in [-0.05, 0) is 224 Å². The molecule has 8 atom stereocenters. The first kappa shape index (κ1) is 81.7. The highest BCUT2D eigenvalue weighted by Crippen LogP contribution is 2.35. The topological polar surface area (TPSA) is 268 Å². The van der Waals surface area contributed by atoms with E-state index in [4.69, 9.17) is 0 Å². The van der Waals surface area contributed by atoms with Crippen LogP contribution >= 0.6 is 0 Å². The summed E-state index contributed by atoms with van der Waals surface area (Å²) in [5, 5.41) is 18.7. The van der Waals surface area contributed by atoms with Crippen LogP contribution in [0.2, 0.25) is 0 Å². The monoisotopic (exact) mass is 1450 g/mol. The van der Waals surface area contributed by atoms with E-state index in [9.17, 15) is 48.3 Å². The normalized spacial score (nSPS) is 16.8. The minimum atomic E-state index is -1.03. The minimum Gasteiger partial charge on any atom is -0.481 e. The maximum absolute atomic E-state index is 13.9. The molecule has 0 saturated carbocycles. The van der Waals surface area contributed by atoms with Crippen molar-refractivity contribution in [3.05, 3.63) is 200 Å². The summed E-state index contributed by atoms with van der Waals surface area (Å²) in [5.74, 6) is -1.43. The van der Waals surface area contributed by atoms with Gasteiger partial charge < -0.3 is 40.0 Å². The number of ketones is 2. The Morgan fingerprint density at radius 1 is 0.519 bits per heavy atom. The number of fused-ring (bicyclic) bond motifs is 1. The molecule has 7 aromatic rings. The van der Waals surface area contributed by atoms with Gasteiger partial charge in [-0.1, -0.05) is 77.9 Å². The van der Waals surface area contributed by atoms with E-state index in [1.807, 2.05) is 128 Å². The van der Waals surface area contributed by atoms with E-state index >= 15 is 0 Å². The molecule has 2 saturated heterocycles. The summed E-state index contributed by atoms with van der Waals surface area (Å²) in [6.45, 7) is 29.3. The summed E-state index contributed by atoms with van der Waals surface area (Å²) < 4.78 is 2.92. The van der Waals surface area contributed by atoms with E-state index in [1.54, 1.807) is 61.0 Å². The van der Waals surface area contributed by atoms with E-state index in [0.717, 1.165) is 106 Å². The van der Waals surface area contributed by atoms with Gasteiger partial charge in [0.1, 0.15) is 29.7 Å². The third-order valence-corrected chi connectivity index (χ3v) is 20.1. The van der Waals surface area contributed by atoms with Gasteiger partial charge in [-0.15, -0.1) is 0 Å². The molecule has 0 spiro atoms. The number of amides is 4. The van der Waals surface area contributed by atoms with Crippen LogP contribution in [0.4, 0.5) is 17.1 Å². The van der Waals surface area contributed by atoms with Crippen LogP contribution in [0, 0.1) is 45.4 Å². The molecule has 4 N–H and O–H groups in total. The number of aryl methyl sites for hydroxylation is 5. The molecule has 3 aliphatic rings.